The van der Waals surface area contributed by atoms with E-state index in [-0.39, 0.29) is 59.6 Å². The number of hydrogen-bond donors (Lipinski definition) is 1. The number of piperazine rings is 2. The fourth-order valence-corrected chi connectivity index (χ4v) is 10.0. The van der Waals surface area contributed by atoms with Crippen molar-refractivity contribution in [2.45, 2.75) is 42.0 Å². The van der Waals surface area contributed by atoms with E-state index in [0.717, 1.165) is 0 Å². The van der Waals surface area contributed by atoms with Crippen molar-refractivity contribution in [2.75, 3.05) is 52.4 Å². The molecule has 0 aliphatic carbocycles. The molecule has 0 aromatic heterocycles. The van der Waals surface area contributed by atoms with Crippen molar-refractivity contribution >= 4 is 49.2 Å². The van der Waals surface area contributed by atoms with Crippen LogP contribution < -0.4 is 9.47 Å². The Morgan fingerprint density at radius 2 is 0.944 bits per heavy atom. The fraction of sp³-hybridized carbons (Fsp3) is 0.342. The predicted molar refractivity (Wildman–Crippen MR) is 206 cm³/mol. The van der Waals surface area contributed by atoms with Gasteiger partial charge < -0.3 is 14.6 Å². The van der Waals surface area contributed by atoms with E-state index in [4.69, 9.17) is 32.7 Å². The number of rotatable bonds is 13. The number of benzene rings is 4. The molecule has 4 aromatic rings. The Labute approximate surface area is 326 Å². The summed E-state index contributed by atoms with van der Waals surface area (Å²) < 4.78 is 67.9. The van der Waals surface area contributed by atoms with Gasteiger partial charge in [-0.2, -0.15) is 8.61 Å². The van der Waals surface area contributed by atoms with E-state index in [2.05, 4.69) is 9.80 Å². The number of carbonyl (C=O) groups is 1. The van der Waals surface area contributed by atoms with Crippen LogP contribution in [0.3, 0.4) is 0 Å². The molecular formula is C38H42Cl2N4O8S2. The van der Waals surface area contributed by atoms with Crippen LogP contribution in [0.15, 0.2) is 107 Å². The van der Waals surface area contributed by atoms with Crippen LogP contribution in [0, 0.1) is 0 Å². The summed E-state index contributed by atoms with van der Waals surface area (Å²) in [4.78, 5) is 17.3. The van der Waals surface area contributed by atoms with Crippen molar-refractivity contribution in [1.29, 1.82) is 0 Å². The van der Waals surface area contributed by atoms with Gasteiger partial charge >= 0.3 is 12.3 Å². The van der Waals surface area contributed by atoms with Crippen LogP contribution in [0.4, 0.5) is 0 Å². The maximum absolute atomic E-state index is 13.2. The minimum Gasteiger partial charge on any atom is -0.476 e. The normalized spacial score (nSPS) is 18.4. The first kappa shape index (κ1) is 39.9. The molecule has 2 atom stereocenters. The number of sulfonamides is 2. The molecule has 4 aromatic carbocycles. The molecule has 2 unspecified atom stereocenters. The van der Waals surface area contributed by atoms with Crippen LogP contribution in [-0.4, -0.2) is 105 Å². The van der Waals surface area contributed by atoms with Gasteiger partial charge in [-0.1, -0.05) is 59.6 Å². The molecule has 6 rings (SSSR count). The van der Waals surface area contributed by atoms with E-state index in [1.54, 1.807) is 97.1 Å². The van der Waals surface area contributed by atoms with Crippen molar-refractivity contribution in [3.63, 3.8) is 0 Å². The fourth-order valence-electron chi connectivity index (χ4n) is 6.80. The van der Waals surface area contributed by atoms with E-state index in [9.17, 15) is 26.7 Å². The van der Waals surface area contributed by atoms with Crippen LogP contribution >= 0.6 is 23.2 Å². The van der Waals surface area contributed by atoms with Crippen molar-refractivity contribution < 1.29 is 36.2 Å². The zero-order valence-corrected chi connectivity index (χ0v) is 32.9. The summed E-state index contributed by atoms with van der Waals surface area (Å²) in [5, 5.41) is 11.2. The summed E-state index contributed by atoms with van der Waals surface area (Å²) >= 11 is 12.9. The molecule has 2 saturated heterocycles. The molecule has 0 radical (unpaired) electrons. The maximum Gasteiger partial charge on any atom is 0.387 e. The number of hydrogen-bond acceptors (Lipinski definition) is 9. The Morgan fingerprint density at radius 3 is 1.28 bits per heavy atom. The molecular weight excluding hydrogens is 775 g/mol. The average molecular weight is 818 g/mol. The van der Waals surface area contributed by atoms with Gasteiger partial charge in [0.2, 0.25) is 20.0 Å². The first-order chi connectivity index (χ1) is 25.8. The van der Waals surface area contributed by atoms with Gasteiger partial charge in [0.15, 0.2) is 0 Å². The van der Waals surface area contributed by atoms with Gasteiger partial charge in [-0.15, -0.1) is 0 Å². The van der Waals surface area contributed by atoms with Crippen LogP contribution in [-0.2, 0) is 24.8 Å². The molecule has 2 fully saturated rings. The number of nitrogens with zero attached hydrogens (tertiary/aromatic N) is 4. The Balaban J connectivity index is 1.15. The second kappa shape index (κ2) is 17.0. The highest BCUT2D eigenvalue weighted by atomic mass is 35.5. The summed E-state index contributed by atoms with van der Waals surface area (Å²) in [6.07, 6.45) is -1.76. The standard InChI is InChI=1S/C38H42Cl2N4O8S2/c1-27(41-17-21-43(22-18-41)53(47,48)31-9-5-3-6-10-31)33-25-29(39)13-15-35(33)51-38(37(45)46)52-36-16-14-30(40)26-34(36)28(2)42-19-23-44(24-20-42)54(49,50)32-11-7-4-8-12-32/h3-16,25-28,38H,17-24H2,1-2H3,(H,45,46). The molecule has 288 valence electrons. The molecule has 2 heterocycles. The lowest BCUT2D eigenvalue weighted by molar-refractivity contribution is -0.158. The monoisotopic (exact) mass is 816 g/mol. The highest BCUT2D eigenvalue weighted by Gasteiger charge is 2.34. The smallest absolute Gasteiger partial charge is 0.387 e. The lowest BCUT2D eigenvalue weighted by Gasteiger charge is -2.38. The zero-order chi connectivity index (χ0) is 38.6. The minimum absolute atomic E-state index is 0.242. The number of aliphatic carboxylic acids is 1. The number of carboxylic acid groups (broad SMARTS) is 1. The van der Waals surface area contributed by atoms with Crippen LogP contribution in [0.5, 0.6) is 11.5 Å². The van der Waals surface area contributed by atoms with Crippen molar-refractivity contribution in [3.8, 4) is 11.5 Å². The Kier molecular flexibility index (Phi) is 12.5. The Bertz CT molecular complexity index is 2000. The van der Waals surface area contributed by atoms with Gasteiger partial charge in [0, 0.05) is 85.6 Å². The van der Waals surface area contributed by atoms with Crippen LogP contribution in [0.25, 0.3) is 0 Å². The van der Waals surface area contributed by atoms with E-state index >= 15 is 0 Å². The van der Waals surface area contributed by atoms with Crippen molar-refractivity contribution in [2.24, 2.45) is 0 Å². The summed E-state index contributed by atoms with van der Waals surface area (Å²) in [6.45, 7) is 6.66. The molecule has 2 aliphatic heterocycles. The van der Waals surface area contributed by atoms with Crippen LogP contribution in [0.1, 0.15) is 37.1 Å². The average Bonchev–Trinajstić information content (AvgIpc) is 3.19. The summed E-state index contributed by atoms with van der Waals surface area (Å²) in [5.41, 5.74) is 1.23. The van der Waals surface area contributed by atoms with Gasteiger partial charge in [0.1, 0.15) is 11.5 Å². The first-order valence-corrected chi connectivity index (χ1v) is 21.1. The van der Waals surface area contributed by atoms with Crippen molar-refractivity contribution in [1.82, 2.24) is 18.4 Å². The van der Waals surface area contributed by atoms with Crippen LogP contribution in [0.2, 0.25) is 10.0 Å². The lowest BCUT2D eigenvalue weighted by Crippen LogP contribution is -2.49. The predicted octanol–water partition coefficient (Wildman–Crippen LogP) is 6.00. The van der Waals surface area contributed by atoms with Gasteiger partial charge in [0.25, 0.3) is 0 Å². The van der Waals surface area contributed by atoms with Gasteiger partial charge in [0.05, 0.1) is 9.79 Å². The van der Waals surface area contributed by atoms with E-state index in [1.807, 2.05) is 13.8 Å². The highest BCUT2D eigenvalue weighted by Crippen LogP contribution is 2.36. The Hall–Kier alpha value is -3.73. The zero-order valence-electron chi connectivity index (χ0n) is 29.8. The number of halogens is 2. The SMILES string of the molecule is CC(c1cc(Cl)ccc1OC(Oc1ccc(Cl)cc1C(C)N1CCN(S(=O)(=O)c2ccccc2)CC1)C(=O)O)N1CCN(S(=O)(=O)c2ccccc2)CC1. The second-order valence-electron chi connectivity index (χ2n) is 13.1. The molecule has 1 N–H and O–H groups in total. The molecule has 0 bridgehead atoms. The van der Waals surface area contributed by atoms with E-state index in [1.165, 1.54) is 8.61 Å². The third-order valence-corrected chi connectivity index (χ3v) is 14.2. The van der Waals surface area contributed by atoms with Crippen molar-refractivity contribution in [3.05, 3.63) is 118 Å². The summed E-state index contributed by atoms with van der Waals surface area (Å²) in [7, 11) is -7.29. The van der Waals surface area contributed by atoms with Gasteiger partial charge in [-0.3, -0.25) is 9.80 Å². The first-order valence-electron chi connectivity index (χ1n) is 17.5. The summed E-state index contributed by atoms with van der Waals surface area (Å²) in [6, 6.07) is 25.8. The van der Waals surface area contributed by atoms with E-state index < -0.39 is 32.3 Å². The van der Waals surface area contributed by atoms with E-state index in [0.29, 0.717) is 47.4 Å². The second-order valence-corrected chi connectivity index (χ2v) is 17.9. The molecule has 16 heteroatoms. The maximum atomic E-state index is 13.2. The molecule has 0 spiro atoms. The highest BCUT2D eigenvalue weighted by molar-refractivity contribution is 7.89. The minimum atomic E-state index is -3.64. The number of carboxylic acids is 1. The molecule has 54 heavy (non-hydrogen) atoms. The van der Waals surface area contributed by atoms with Gasteiger partial charge in [-0.05, 0) is 74.5 Å². The quantitative estimate of drug-likeness (QED) is 0.160. The number of ether oxygens (including phenoxy) is 2. The molecule has 12 nitrogen and oxygen atoms in total. The van der Waals surface area contributed by atoms with Gasteiger partial charge in [-0.25, -0.2) is 21.6 Å². The molecule has 2 aliphatic rings. The molecule has 0 saturated carbocycles. The largest absolute Gasteiger partial charge is 0.476 e. The topological polar surface area (TPSA) is 137 Å². The summed E-state index contributed by atoms with van der Waals surface area (Å²) in [5.74, 6) is -0.868. The third kappa shape index (κ3) is 8.87. The lowest BCUT2D eigenvalue weighted by atomic mass is 10.0. The third-order valence-electron chi connectivity index (χ3n) is 9.92. The Morgan fingerprint density at radius 1 is 0.593 bits per heavy atom. The molecule has 0 amide bonds.